The first kappa shape index (κ1) is 23.1. The van der Waals surface area contributed by atoms with Gasteiger partial charge < -0.3 is 8.83 Å². The van der Waals surface area contributed by atoms with Crippen LogP contribution in [0.15, 0.2) is 43.3 Å². The number of nitrogens with zero attached hydrogens (tertiary/aromatic N) is 2. The average Bonchev–Trinajstić information content (AvgIpc) is 3.31. The fourth-order valence-electron chi connectivity index (χ4n) is 2.77. The van der Waals surface area contributed by atoms with Crippen molar-refractivity contribution in [3.63, 3.8) is 0 Å². The lowest BCUT2D eigenvalue weighted by Crippen LogP contribution is -2.17. The summed E-state index contributed by atoms with van der Waals surface area (Å²) in [4.78, 5) is 23.4. The molecule has 0 radical (unpaired) electrons. The van der Waals surface area contributed by atoms with Gasteiger partial charge in [-0.25, -0.2) is 10.9 Å². The van der Waals surface area contributed by atoms with Crippen molar-refractivity contribution in [1.29, 1.82) is 0 Å². The average molecular weight is 415 g/mol. The van der Waals surface area contributed by atoms with E-state index in [0.717, 1.165) is 50.0 Å². The van der Waals surface area contributed by atoms with Gasteiger partial charge in [-0.05, 0) is 51.0 Å². The van der Waals surface area contributed by atoms with E-state index in [2.05, 4.69) is 21.1 Å². The SMILES string of the molecule is Cc1ccc(C=NNC(=O)CCCCCCCCC(=O)NN=Cc2ccc(C)o2)o1. The molecular formula is C22H30N4O4. The Balaban J connectivity index is 1.41. The smallest absolute Gasteiger partial charge is 0.240 e. The number of hydrogen-bond donors (Lipinski definition) is 2. The van der Waals surface area contributed by atoms with Crippen molar-refractivity contribution in [2.24, 2.45) is 10.2 Å². The molecule has 0 unspecified atom stereocenters. The van der Waals surface area contributed by atoms with Crippen molar-refractivity contribution in [2.45, 2.75) is 65.2 Å². The lowest BCUT2D eigenvalue weighted by Gasteiger charge is -2.02. The topological polar surface area (TPSA) is 109 Å². The summed E-state index contributed by atoms with van der Waals surface area (Å²) in [7, 11) is 0. The van der Waals surface area contributed by atoms with Crippen LogP contribution < -0.4 is 10.9 Å². The maximum absolute atomic E-state index is 11.7. The van der Waals surface area contributed by atoms with E-state index in [4.69, 9.17) is 8.83 Å². The van der Waals surface area contributed by atoms with Crippen LogP contribution in [-0.2, 0) is 9.59 Å². The molecular weight excluding hydrogens is 384 g/mol. The van der Waals surface area contributed by atoms with Crippen LogP contribution in [0.4, 0.5) is 0 Å². The molecule has 0 aromatic carbocycles. The van der Waals surface area contributed by atoms with E-state index in [0.29, 0.717) is 24.4 Å². The van der Waals surface area contributed by atoms with Gasteiger partial charge in [0.05, 0.1) is 12.4 Å². The second kappa shape index (κ2) is 13.1. The minimum Gasteiger partial charge on any atom is -0.460 e. The number of hydrogen-bond acceptors (Lipinski definition) is 6. The van der Waals surface area contributed by atoms with E-state index in [1.165, 1.54) is 12.4 Å². The molecule has 2 N–H and O–H groups in total. The van der Waals surface area contributed by atoms with Crippen molar-refractivity contribution < 1.29 is 18.4 Å². The lowest BCUT2D eigenvalue weighted by atomic mass is 10.1. The third-order valence-electron chi connectivity index (χ3n) is 4.34. The molecule has 0 aliphatic rings. The van der Waals surface area contributed by atoms with E-state index in [1.54, 1.807) is 12.1 Å². The largest absolute Gasteiger partial charge is 0.460 e. The first-order valence-electron chi connectivity index (χ1n) is 10.3. The molecule has 162 valence electrons. The van der Waals surface area contributed by atoms with Gasteiger partial charge in [-0.1, -0.05) is 25.7 Å². The quantitative estimate of drug-likeness (QED) is 0.291. The number of rotatable bonds is 13. The summed E-state index contributed by atoms with van der Waals surface area (Å²) in [5.74, 6) is 2.63. The third-order valence-corrected chi connectivity index (χ3v) is 4.34. The summed E-state index contributed by atoms with van der Waals surface area (Å²) in [6.45, 7) is 3.70. The van der Waals surface area contributed by atoms with Crippen LogP contribution >= 0.6 is 0 Å². The Morgan fingerprint density at radius 2 is 1.13 bits per heavy atom. The second-order valence-corrected chi connectivity index (χ2v) is 7.10. The van der Waals surface area contributed by atoms with Crippen LogP contribution in [0, 0.1) is 13.8 Å². The van der Waals surface area contributed by atoms with Crippen molar-refractivity contribution >= 4 is 24.2 Å². The van der Waals surface area contributed by atoms with Gasteiger partial charge in [0.15, 0.2) is 0 Å². The predicted molar refractivity (Wildman–Crippen MR) is 115 cm³/mol. The summed E-state index contributed by atoms with van der Waals surface area (Å²) in [6, 6.07) is 7.27. The molecule has 0 saturated heterocycles. The molecule has 0 bridgehead atoms. The highest BCUT2D eigenvalue weighted by Gasteiger charge is 2.02. The summed E-state index contributed by atoms with van der Waals surface area (Å²) in [5.41, 5.74) is 5.00. The van der Waals surface area contributed by atoms with E-state index in [-0.39, 0.29) is 11.8 Å². The Kier molecular flexibility index (Phi) is 10.1. The molecule has 0 aliphatic heterocycles. The number of amides is 2. The molecule has 2 heterocycles. The Morgan fingerprint density at radius 3 is 1.50 bits per heavy atom. The van der Waals surface area contributed by atoms with E-state index in [9.17, 15) is 9.59 Å². The monoisotopic (exact) mass is 414 g/mol. The summed E-state index contributed by atoms with van der Waals surface area (Å²) in [5, 5.41) is 7.76. The van der Waals surface area contributed by atoms with Crippen molar-refractivity contribution in [1.82, 2.24) is 10.9 Å². The van der Waals surface area contributed by atoms with Gasteiger partial charge in [0.25, 0.3) is 0 Å². The van der Waals surface area contributed by atoms with Gasteiger partial charge in [-0.3, -0.25) is 9.59 Å². The molecule has 2 aromatic heterocycles. The van der Waals surface area contributed by atoms with Gasteiger partial charge >= 0.3 is 0 Å². The molecule has 30 heavy (non-hydrogen) atoms. The Hall–Kier alpha value is -3.16. The zero-order chi connectivity index (χ0) is 21.6. The highest BCUT2D eigenvalue weighted by molar-refractivity contribution is 5.80. The minimum atomic E-state index is -0.100. The van der Waals surface area contributed by atoms with Crippen LogP contribution in [0.2, 0.25) is 0 Å². The standard InChI is InChI=1S/C22H30N4O4/c1-17-11-13-19(29-17)15-23-25-21(27)9-7-5-3-4-6-8-10-22(28)26-24-16-20-14-12-18(2)30-20/h11-16H,3-10H2,1-2H3,(H,25,27)(H,26,28). The molecule has 2 amide bonds. The van der Waals surface area contributed by atoms with Gasteiger partial charge in [-0.15, -0.1) is 0 Å². The van der Waals surface area contributed by atoms with Gasteiger partial charge in [0, 0.05) is 12.8 Å². The van der Waals surface area contributed by atoms with Crippen LogP contribution in [0.25, 0.3) is 0 Å². The van der Waals surface area contributed by atoms with Gasteiger partial charge in [0.2, 0.25) is 11.8 Å². The highest BCUT2D eigenvalue weighted by atomic mass is 16.3. The zero-order valence-corrected chi connectivity index (χ0v) is 17.6. The normalized spacial score (nSPS) is 11.4. The number of carbonyl (C=O) groups excluding carboxylic acids is 2. The van der Waals surface area contributed by atoms with Crippen LogP contribution in [0.3, 0.4) is 0 Å². The van der Waals surface area contributed by atoms with Gasteiger partial charge in [-0.2, -0.15) is 10.2 Å². The molecule has 8 heteroatoms. The number of nitrogens with one attached hydrogen (secondary N) is 2. The second-order valence-electron chi connectivity index (χ2n) is 7.10. The maximum atomic E-state index is 11.7. The van der Waals surface area contributed by atoms with Crippen molar-refractivity contribution in [3.05, 3.63) is 47.3 Å². The van der Waals surface area contributed by atoms with Crippen molar-refractivity contribution in [3.8, 4) is 0 Å². The van der Waals surface area contributed by atoms with Crippen LogP contribution in [0.5, 0.6) is 0 Å². The molecule has 0 aliphatic carbocycles. The first-order valence-corrected chi connectivity index (χ1v) is 10.3. The predicted octanol–water partition coefficient (Wildman–Crippen LogP) is 4.21. The fraction of sp³-hybridized carbons (Fsp3) is 0.455. The number of unbranched alkanes of at least 4 members (excludes halogenated alkanes) is 5. The molecule has 2 rings (SSSR count). The summed E-state index contributed by atoms with van der Waals surface area (Å²) in [6.07, 6.45) is 9.56. The van der Waals surface area contributed by atoms with E-state index >= 15 is 0 Å². The zero-order valence-electron chi connectivity index (χ0n) is 17.6. The summed E-state index contributed by atoms with van der Waals surface area (Å²) < 4.78 is 10.7. The minimum absolute atomic E-state index is 0.100. The molecule has 8 nitrogen and oxygen atoms in total. The summed E-state index contributed by atoms with van der Waals surface area (Å²) >= 11 is 0. The van der Waals surface area contributed by atoms with Crippen molar-refractivity contribution in [2.75, 3.05) is 0 Å². The molecule has 0 fully saturated rings. The Labute approximate surface area is 176 Å². The van der Waals surface area contributed by atoms with Gasteiger partial charge in [0.1, 0.15) is 23.0 Å². The fourth-order valence-corrected chi connectivity index (χ4v) is 2.77. The van der Waals surface area contributed by atoms with Crippen LogP contribution in [-0.4, -0.2) is 24.2 Å². The van der Waals surface area contributed by atoms with E-state index in [1.807, 2.05) is 26.0 Å². The number of aryl methyl sites for hydroxylation is 2. The third kappa shape index (κ3) is 9.86. The highest BCUT2D eigenvalue weighted by Crippen LogP contribution is 2.09. The maximum Gasteiger partial charge on any atom is 0.240 e. The number of furan rings is 2. The van der Waals surface area contributed by atoms with Crippen LogP contribution in [0.1, 0.15) is 74.4 Å². The van der Waals surface area contributed by atoms with E-state index < -0.39 is 0 Å². The Bertz CT molecular complexity index is 781. The molecule has 0 spiro atoms. The number of hydrazone groups is 2. The lowest BCUT2D eigenvalue weighted by molar-refractivity contribution is -0.122. The molecule has 0 saturated carbocycles. The Morgan fingerprint density at radius 1 is 0.733 bits per heavy atom. The molecule has 0 atom stereocenters. The first-order chi connectivity index (χ1) is 14.5. The molecule has 2 aromatic rings. The number of carbonyl (C=O) groups is 2.